The van der Waals surface area contributed by atoms with E-state index in [4.69, 9.17) is 27.9 Å². The van der Waals surface area contributed by atoms with Crippen molar-refractivity contribution in [2.45, 2.75) is 58.0 Å². The van der Waals surface area contributed by atoms with Gasteiger partial charge in [0, 0.05) is 28.4 Å². The summed E-state index contributed by atoms with van der Waals surface area (Å²) >= 11 is 13.7. The summed E-state index contributed by atoms with van der Waals surface area (Å²) in [5.41, 5.74) is 1.85. The van der Waals surface area contributed by atoms with Gasteiger partial charge in [0.15, 0.2) is 0 Å². The van der Waals surface area contributed by atoms with Crippen LogP contribution in [-0.2, 0) is 21.9 Å². The highest BCUT2D eigenvalue weighted by Gasteiger charge is 2.29. The molecule has 0 saturated heterocycles. The second-order valence-electron chi connectivity index (χ2n) is 7.84. The van der Waals surface area contributed by atoms with Crippen LogP contribution in [0.25, 0.3) is 0 Å². The predicted molar refractivity (Wildman–Crippen MR) is 138 cm³/mol. The van der Waals surface area contributed by atoms with Gasteiger partial charge in [-0.25, -0.2) is 0 Å². The fourth-order valence-corrected chi connectivity index (χ4v) is 4.73. The lowest BCUT2D eigenvalue weighted by Gasteiger charge is -2.31. The maximum Gasteiger partial charge on any atom is 0.243 e. The van der Waals surface area contributed by atoms with E-state index >= 15 is 0 Å². The molecule has 0 aliphatic rings. The molecule has 0 bridgehead atoms. The Morgan fingerprint density at radius 1 is 1.09 bits per heavy atom. The summed E-state index contributed by atoms with van der Waals surface area (Å²) in [6, 6.07) is 12.4. The Morgan fingerprint density at radius 2 is 1.79 bits per heavy atom. The largest absolute Gasteiger partial charge is 0.497 e. The Kier molecular flexibility index (Phi) is 11.4. The summed E-state index contributed by atoms with van der Waals surface area (Å²) in [7, 11) is 1.61. The van der Waals surface area contributed by atoms with Crippen molar-refractivity contribution in [1.29, 1.82) is 0 Å². The van der Waals surface area contributed by atoms with Crippen LogP contribution in [-0.4, -0.2) is 41.7 Å². The highest BCUT2D eigenvalue weighted by molar-refractivity contribution is 7.99. The number of methoxy groups -OCH3 is 1. The number of thioether (sulfide) groups is 1. The predicted octanol–water partition coefficient (Wildman–Crippen LogP) is 5.96. The average molecular weight is 512 g/mol. The molecule has 2 aromatic rings. The zero-order valence-corrected chi connectivity index (χ0v) is 21.9. The minimum Gasteiger partial charge on any atom is -0.497 e. The fourth-order valence-electron chi connectivity index (χ4n) is 3.26. The van der Waals surface area contributed by atoms with Crippen LogP contribution in [0, 0.1) is 0 Å². The number of carbonyl (C=O) groups excluding carboxylic acids is 2. The number of hydrogen-bond acceptors (Lipinski definition) is 4. The normalized spacial score (nSPS) is 12.7. The molecule has 0 heterocycles. The van der Waals surface area contributed by atoms with Crippen molar-refractivity contribution in [3.63, 3.8) is 0 Å². The molecule has 0 spiro atoms. The van der Waals surface area contributed by atoms with Gasteiger partial charge in [0.2, 0.25) is 11.8 Å². The minimum atomic E-state index is -0.548. The third-order valence-corrected chi connectivity index (χ3v) is 6.95. The minimum absolute atomic E-state index is 0.0471. The van der Waals surface area contributed by atoms with E-state index in [0.29, 0.717) is 28.8 Å². The number of benzene rings is 2. The highest BCUT2D eigenvalue weighted by Crippen LogP contribution is 2.25. The number of halogens is 2. The lowest BCUT2D eigenvalue weighted by atomic mass is 10.1. The molecule has 2 aromatic carbocycles. The van der Waals surface area contributed by atoms with E-state index in [1.807, 2.05) is 51.1 Å². The molecule has 2 amide bonds. The number of nitrogens with zero attached hydrogens (tertiary/aromatic N) is 1. The number of nitrogens with one attached hydrogen (secondary N) is 1. The Hall–Kier alpha value is -1.89. The Balaban J connectivity index is 2.16. The van der Waals surface area contributed by atoms with Crippen molar-refractivity contribution in [3.8, 4) is 5.75 Å². The smallest absolute Gasteiger partial charge is 0.243 e. The molecular weight excluding hydrogens is 479 g/mol. The summed E-state index contributed by atoms with van der Waals surface area (Å²) < 4.78 is 5.23. The van der Waals surface area contributed by atoms with Crippen molar-refractivity contribution < 1.29 is 14.3 Å². The first kappa shape index (κ1) is 27.4. The molecule has 1 N–H and O–H groups in total. The average Bonchev–Trinajstić information content (AvgIpc) is 2.80. The second-order valence-corrected chi connectivity index (χ2v) is 9.67. The van der Waals surface area contributed by atoms with Crippen LogP contribution in [0.15, 0.2) is 42.5 Å². The zero-order chi connectivity index (χ0) is 24.4. The monoisotopic (exact) mass is 510 g/mol. The molecule has 2 atom stereocenters. The summed E-state index contributed by atoms with van der Waals surface area (Å²) in [5.74, 6) is 1.34. The molecule has 0 aromatic heterocycles. The van der Waals surface area contributed by atoms with Crippen LogP contribution in [0.3, 0.4) is 0 Å². The summed E-state index contributed by atoms with van der Waals surface area (Å²) in [6.07, 6.45) is 1.35. The van der Waals surface area contributed by atoms with Gasteiger partial charge in [-0.3, -0.25) is 9.59 Å². The Labute approximate surface area is 211 Å². The van der Waals surface area contributed by atoms with Gasteiger partial charge in [-0.15, -0.1) is 11.8 Å². The van der Waals surface area contributed by atoms with E-state index in [9.17, 15) is 9.59 Å². The fraction of sp³-hybridized carbons (Fsp3) is 0.440. The van der Waals surface area contributed by atoms with Crippen LogP contribution in [0.5, 0.6) is 5.75 Å². The Morgan fingerprint density at radius 3 is 2.36 bits per heavy atom. The van der Waals surface area contributed by atoms with E-state index in [0.717, 1.165) is 23.3 Å². The SMILES string of the molecule is CCC(C)NC(=O)C(CC)N(Cc1ccc(OC)cc1)C(=O)CSCc1ccc(Cl)cc1Cl. The second kappa shape index (κ2) is 13.7. The molecule has 5 nitrogen and oxygen atoms in total. The van der Waals surface area contributed by atoms with E-state index < -0.39 is 6.04 Å². The quantitative estimate of drug-likeness (QED) is 0.382. The lowest BCUT2D eigenvalue weighted by molar-refractivity contribution is -0.139. The van der Waals surface area contributed by atoms with E-state index in [1.54, 1.807) is 24.1 Å². The van der Waals surface area contributed by atoms with Gasteiger partial charge >= 0.3 is 0 Å². The van der Waals surface area contributed by atoms with Crippen LogP contribution in [0.4, 0.5) is 0 Å². The van der Waals surface area contributed by atoms with Crippen molar-refractivity contribution in [1.82, 2.24) is 10.2 Å². The first-order chi connectivity index (χ1) is 15.8. The van der Waals surface area contributed by atoms with Gasteiger partial charge in [-0.2, -0.15) is 0 Å². The molecule has 2 unspecified atom stereocenters. The van der Waals surface area contributed by atoms with Crippen molar-refractivity contribution >= 4 is 46.8 Å². The van der Waals surface area contributed by atoms with Gasteiger partial charge in [0.25, 0.3) is 0 Å². The lowest BCUT2D eigenvalue weighted by Crippen LogP contribution is -2.51. The third kappa shape index (κ3) is 8.43. The number of ether oxygens (including phenoxy) is 1. The molecule has 0 fully saturated rings. The van der Waals surface area contributed by atoms with Gasteiger partial charge in [0.05, 0.1) is 12.9 Å². The highest BCUT2D eigenvalue weighted by atomic mass is 35.5. The summed E-state index contributed by atoms with van der Waals surface area (Å²) in [5, 5.41) is 4.18. The van der Waals surface area contributed by atoms with Gasteiger partial charge in [-0.05, 0) is 55.2 Å². The van der Waals surface area contributed by atoms with Crippen LogP contribution < -0.4 is 10.1 Å². The maximum atomic E-state index is 13.3. The molecule has 0 aliphatic carbocycles. The zero-order valence-electron chi connectivity index (χ0n) is 19.6. The maximum absolute atomic E-state index is 13.3. The number of hydrogen-bond donors (Lipinski definition) is 1. The van der Waals surface area contributed by atoms with Crippen LogP contribution in [0.1, 0.15) is 44.7 Å². The first-order valence-electron chi connectivity index (χ1n) is 11.0. The standard InChI is InChI=1S/C25H32Cl2N2O3S/c1-5-17(3)28-25(31)23(6-2)29(14-18-7-11-21(32-4)12-8-18)24(30)16-33-15-19-9-10-20(26)13-22(19)27/h7-13,17,23H,5-6,14-16H2,1-4H3,(H,28,31). The third-order valence-electron chi connectivity index (χ3n) is 5.40. The van der Waals surface area contributed by atoms with Crippen LogP contribution in [0.2, 0.25) is 10.0 Å². The van der Waals surface area contributed by atoms with E-state index in [1.165, 1.54) is 11.8 Å². The van der Waals surface area contributed by atoms with Crippen molar-refractivity contribution in [3.05, 3.63) is 63.6 Å². The molecule has 8 heteroatoms. The van der Waals surface area contributed by atoms with Crippen LogP contribution >= 0.6 is 35.0 Å². The topological polar surface area (TPSA) is 58.6 Å². The van der Waals surface area contributed by atoms with Crippen molar-refractivity contribution in [2.24, 2.45) is 0 Å². The van der Waals surface area contributed by atoms with E-state index in [2.05, 4.69) is 5.32 Å². The molecule has 0 radical (unpaired) electrons. The van der Waals surface area contributed by atoms with Gasteiger partial charge < -0.3 is 15.0 Å². The Bertz CT molecular complexity index is 924. The van der Waals surface area contributed by atoms with Gasteiger partial charge in [0.1, 0.15) is 11.8 Å². The molecule has 0 aliphatic heterocycles. The summed E-state index contributed by atoms with van der Waals surface area (Å²) in [6.45, 7) is 6.25. The van der Waals surface area contributed by atoms with Gasteiger partial charge in [-0.1, -0.05) is 55.2 Å². The molecular formula is C25H32Cl2N2O3S. The molecule has 0 saturated carbocycles. The number of carbonyl (C=O) groups is 2. The van der Waals surface area contributed by atoms with Crippen molar-refractivity contribution in [2.75, 3.05) is 12.9 Å². The molecule has 180 valence electrons. The number of rotatable bonds is 12. The van der Waals surface area contributed by atoms with E-state index in [-0.39, 0.29) is 23.6 Å². The molecule has 33 heavy (non-hydrogen) atoms. The first-order valence-corrected chi connectivity index (χ1v) is 12.9. The summed E-state index contributed by atoms with van der Waals surface area (Å²) in [4.78, 5) is 28.0. The number of amides is 2. The molecule has 2 rings (SSSR count).